The van der Waals surface area contributed by atoms with Gasteiger partial charge in [-0.2, -0.15) is 31.4 Å². The summed E-state index contributed by atoms with van der Waals surface area (Å²) in [5.74, 6) is -0.836. The summed E-state index contributed by atoms with van der Waals surface area (Å²) in [7, 11) is 1.31. The Labute approximate surface area is 228 Å². The monoisotopic (exact) mass is 592 g/mol. The Morgan fingerprint density at radius 1 is 1.24 bits per heavy atom. The number of carbonyl (C=O) groups is 2. The van der Waals surface area contributed by atoms with Crippen LogP contribution in [0.4, 0.5) is 31.1 Å². The smallest absolute Gasteiger partial charge is 0.382 e. The van der Waals surface area contributed by atoms with Crippen LogP contribution in [0.15, 0.2) is 23.1 Å². The van der Waals surface area contributed by atoms with Crippen molar-refractivity contribution >= 4 is 17.6 Å². The SMILES string of the molecule is COCC(c1cnn2cc(C(CC(C)(C)C(F)(F)F)NC(=O)c3nonc3C)nc2c1)N1CC(C(F)(F)F)NC1=O. The third kappa shape index (κ3) is 6.20. The van der Waals surface area contributed by atoms with E-state index in [1.165, 1.54) is 37.0 Å². The van der Waals surface area contributed by atoms with Gasteiger partial charge in [-0.15, -0.1) is 0 Å². The molecule has 2 N–H and O–H groups in total. The Bertz CT molecular complexity index is 1420. The molecule has 0 spiro atoms. The van der Waals surface area contributed by atoms with Gasteiger partial charge in [0.05, 0.1) is 48.7 Å². The Morgan fingerprint density at radius 3 is 2.51 bits per heavy atom. The van der Waals surface area contributed by atoms with E-state index in [4.69, 9.17) is 4.74 Å². The number of alkyl halides is 6. The van der Waals surface area contributed by atoms with Crippen molar-refractivity contribution in [3.05, 3.63) is 41.1 Å². The minimum atomic E-state index is -4.66. The molecule has 0 saturated carbocycles. The molecule has 1 aliphatic rings. The van der Waals surface area contributed by atoms with Crippen LogP contribution in [0.1, 0.15) is 59.8 Å². The molecular formula is C23H26F6N8O4. The fourth-order valence-corrected chi connectivity index (χ4v) is 4.32. The molecular weight excluding hydrogens is 566 g/mol. The number of hydrogen-bond acceptors (Lipinski definition) is 8. The molecule has 4 heterocycles. The molecule has 224 valence electrons. The van der Waals surface area contributed by atoms with Crippen LogP contribution < -0.4 is 10.6 Å². The largest absolute Gasteiger partial charge is 0.410 e. The van der Waals surface area contributed by atoms with E-state index in [1.54, 1.807) is 0 Å². The van der Waals surface area contributed by atoms with Gasteiger partial charge in [-0.1, -0.05) is 19.0 Å². The van der Waals surface area contributed by atoms with Gasteiger partial charge >= 0.3 is 18.4 Å². The van der Waals surface area contributed by atoms with E-state index < -0.39 is 60.8 Å². The molecule has 0 bridgehead atoms. The predicted molar refractivity (Wildman–Crippen MR) is 126 cm³/mol. The van der Waals surface area contributed by atoms with Crippen molar-refractivity contribution in [1.82, 2.24) is 40.4 Å². The zero-order valence-electron chi connectivity index (χ0n) is 22.2. The maximum Gasteiger partial charge on any atom is 0.410 e. The summed E-state index contributed by atoms with van der Waals surface area (Å²) in [5.41, 5.74) is -1.94. The number of methoxy groups -OCH3 is 1. The summed E-state index contributed by atoms with van der Waals surface area (Å²) in [6.45, 7) is 2.55. The first-order chi connectivity index (χ1) is 19.0. The molecule has 0 aromatic carbocycles. The van der Waals surface area contributed by atoms with Crippen molar-refractivity contribution in [3.8, 4) is 0 Å². The Hall–Kier alpha value is -3.96. The molecule has 3 aromatic rings. The maximum atomic E-state index is 13.8. The third-order valence-corrected chi connectivity index (χ3v) is 6.79. The van der Waals surface area contributed by atoms with E-state index in [9.17, 15) is 35.9 Å². The number of fused-ring (bicyclic) bond motifs is 1. The number of aryl methyl sites for hydroxylation is 1. The Balaban J connectivity index is 1.68. The molecule has 1 fully saturated rings. The van der Waals surface area contributed by atoms with E-state index in [0.717, 1.165) is 18.7 Å². The second-order valence-electron chi connectivity index (χ2n) is 10.2. The van der Waals surface area contributed by atoms with Crippen LogP contribution in [-0.4, -0.2) is 80.4 Å². The second kappa shape index (κ2) is 10.8. The lowest BCUT2D eigenvalue weighted by Crippen LogP contribution is -2.40. The number of imidazole rings is 1. The fourth-order valence-electron chi connectivity index (χ4n) is 4.32. The maximum absolute atomic E-state index is 13.8. The van der Waals surface area contributed by atoms with Crippen molar-refractivity contribution < 1.29 is 45.3 Å². The van der Waals surface area contributed by atoms with Gasteiger partial charge in [0.25, 0.3) is 5.91 Å². The molecule has 0 aliphatic carbocycles. The normalized spacial score (nSPS) is 18.0. The Morgan fingerprint density at radius 2 is 1.95 bits per heavy atom. The van der Waals surface area contributed by atoms with Crippen molar-refractivity contribution in [2.45, 2.75) is 57.7 Å². The lowest BCUT2D eigenvalue weighted by Gasteiger charge is -2.31. The number of ether oxygens (including phenoxy) is 1. The number of hydrogen-bond donors (Lipinski definition) is 2. The first kappa shape index (κ1) is 30.0. The van der Waals surface area contributed by atoms with Gasteiger partial charge in [0.1, 0.15) is 11.7 Å². The molecule has 1 saturated heterocycles. The first-order valence-corrected chi connectivity index (χ1v) is 12.2. The highest BCUT2D eigenvalue weighted by Crippen LogP contribution is 2.44. The minimum absolute atomic E-state index is 0.0220. The zero-order valence-corrected chi connectivity index (χ0v) is 22.2. The lowest BCUT2D eigenvalue weighted by molar-refractivity contribution is -0.215. The number of carbonyl (C=O) groups excluding carboxylic acids is 2. The number of halogens is 6. The van der Waals surface area contributed by atoms with Gasteiger partial charge in [0, 0.05) is 12.7 Å². The van der Waals surface area contributed by atoms with E-state index in [0.29, 0.717) is 0 Å². The van der Waals surface area contributed by atoms with E-state index in [-0.39, 0.29) is 34.9 Å². The summed E-state index contributed by atoms with van der Waals surface area (Å²) in [6, 6.07) is -3.85. The van der Waals surface area contributed by atoms with Gasteiger partial charge in [0.15, 0.2) is 11.3 Å². The minimum Gasteiger partial charge on any atom is -0.382 e. The first-order valence-electron chi connectivity index (χ1n) is 12.2. The summed E-state index contributed by atoms with van der Waals surface area (Å²) in [5, 5.41) is 15.6. The average molecular weight is 593 g/mol. The lowest BCUT2D eigenvalue weighted by atomic mass is 9.84. The summed E-state index contributed by atoms with van der Waals surface area (Å²) >= 11 is 0. The van der Waals surface area contributed by atoms with Gasteiger partial charge < -0.3 is 20.3 Å². The van der Waals surface area contributed by atoms with Crippen LogP contribution >= 0.6 is 0 Å². The standard InChI is InChI=1S/C23H26F6N8O4/c1-11-18(35-41-34-11)19(38)32-13(6-21(2,3)23(27,28)29)14-8-37-17(31-14)5-12(7-30-37)15(10-40-4)36-9-16(22(24,25)26)33-20(36)39/h5,7-8,13,15-16H,6,9-10H2,1-4H3,(H,32,38)(H,33,39). The highest BCUT2D eigenvalue weighted by atomic mass is 19.4. The Kier molecular flexibility index (Phi) is 7.90. The highest BCUT2D eigenvalue weighted by Gasteiger charge is 2.50. The number of rotatable bonds is 9. The van der Waals surface area contributed by atoms with Gasteiger partial charge in [-0.05, 0) is 24.6 Å². The number of urea groups is 1. The number of nitrogens with one attached hydrogen (secondary N) is 2. The number of aromatic nitrogens is 5. The molecule has 41 heavy (non-hydrogen) atoms. The van der Waals surface area contributed by atoms with Crippen molar-refractivity contribution in [2.24, 2.45) is 5.41 Å². The molecule has 3 unspecified atom stereocenters. The molecule has 3 atom stereocenters. The summed E-state index contributed by atoms with van der Waals surface area (Å²) in [4.78, 5) is 30.5. The van der Waals surface area contributed by atoms with Crippen LogP contribution in [0.25, 0.3) is 5.65 Å². The van der Waals surface area contributed by atoms with E-state index in [1.807, 2.05) is 5.32 Å². The zero-order chi connectivity index (χ0) is 30.3. The average Bonchev–Trinajstić information content (AvgIpc) is 3.58. The van der Waals surface area contributed by atoms with Gasteiger partial charge in [-0.3, -0.25) is 4.79 Å². The van der Waals surface area contributed by atoms with Crippen molar-refractivity contribution in [2.75, 3.05) is 20.3 Å². The fraction of sp³-hybridized carbons (Fsp3) is 0.565. The molecule has 18 heteroatoms. The summed E-state index contributed by atoms with van der Waals surface area (Å²) in [6.07, 6.45) is -7.29. The molecule has 12 nitrogen and oxygen atoms in total. The second-order valence-corrected chi connectivity index (χ2v) is 10.2. The third-order valence-electron chi connectivity index (χ3n) is 6.79. The van der Waals surface area contributed by atoms with Crippen LogP contribution in [0.5, 0.6) is 0 Å². The molecule has 3 amide bonds. The molecule has 4 rings (SSSR count). The van der Waals surface area contributed by atoms with Gasteiger partial charge in [-0.25, -0.2) is 18.9 Å². The number of amides is 3. The van der Waals surface area contributed by atoms with Crippen molar-refractivity contribution in [1.29, 1.82) is 0 Å². The molecule has 1 aliphatic heterocycles. The number of nitrogens with zero attached hydrogens (tertiary/aromatic N) is 6. The van der Waals surface area contributed by atoms with Crippen LogP contribution in [0.2, 0.25) is 0 Å². The van der Waals surface area contributed by atoms with Crippen LogP contribution in [0, 0.1) is 12.3 Å². The highest BCUT2D eigenvalue weighted by molar-refractivity contribution is 5.93. The summed E-state index contributed by atoms with van der Waals surface area (Å²) < 4.78 is 91.9. The quantitative estimate of drug-likeness (QED) is 0.360. The van der Waals surface area contributed by atoms with Crippen molar-refractivity contribution in [3.63, 3.8) is 0 Å². The van der Waals surface area contributed by atoms with E-state index in [2.05, 4.69) is 30.3 Å². The molecule has 3 aromatic heterocycles. The van der Waals surface area contributed by atoms with E-state index >= 15 is 0 Å². The van der Waals surface area contributed by atoms with Gasteiger partial charge in [0.2, 0.25) is 0 Å². The van der Waals surface area contributed by atoms with Crippen LogP contribution in [-0.2, 0) is 4.74 Å². The topological polar surface area (TPSA) is 140 Å². The predicted octanol–water partition coefficient (Wildman–Crippen LogP) is 3.51. The molecule has 0 radical (unpaired) electrons. The van der Waals surface area contributed by atoms with Crippen LogP contribution in [0.3, 0.4) is 0 Å².